The standard InChI is InChI=1S/C16H22BrNO/c17-13-7-5-12-10-14(8-6-11(12)9-13)18-15-3-1-2-4-16(15)19/h5,7,9,14-16,18-19H,1-4,6,8,10H2. The molecule has 1 fully saturated rings. The third kappa shape index (κ3) is 3.21. The summed E-state index contributed by atoms with van der Waals surface area (Å²) in [5, 5.41) is 13.8. The summed E-state index contributed by atoms with van der Waals surface area (Å²) >= 11 is 3.54. The quantitative estimate of drug-likeness (QED) is 0.876. The molecule has 3 rings (SSSR count). The van der Waals surface area contributed by atoms with Gasteiger partial charge in [-0.15, -0.1) is 0 Å². The maximum Gasteiger partial charge on any atom is 0.0693 e. The van der Waals surface area contributed by atoms with Gasteiger partial charge in [-0.1, -0.05) is 34.8 Å². The van der Waals surface area contributed by atoms with Gasteiger partial charge >= 0.3 is 0 Å². The smallest absolute Gasteiger partial charge is 0.0693 e. The number of aliphatic hydroxyl groups excluding tert-OH is 1. The van der Waals surface area contributed by atoms with Crippen molar-refractivity contribution < 1.29 is 5.11 Å². The Kier molecular flexibility index (Phi) is 4.25. The molecule has 0 amide bonds. The van der Waals surface area contributed by atoms with Crippen LogP contribution in [-0.4, -0.2) is 23.3 Å². The zero-order valence-corrected chi connectivity index (χ0v) is 12.8. The number of halogens is 1. The minimum absolute atomic E-state index is 0.139. The molecule has 2 aliphatic rings. The molecule has 2 aliphatic carbocycles. The van der Waals surface area contributed by atoms with Gasteiger partial charge < -0.3 is 10.4 Å². The number of aliphatic hydroxyl groups is 1. The van der Waals surface area contributed by atoms with Crippen LogP contribution in [0.25, 0.3) is 0 Å². The molecule has 3 heteroatoms. The van der Waals surface area contributed by atoms with E-state index < -0.39 is 0 Å². The van der Waals surface area contributed by atoms with Crippen LogP contribution < -0.4 is 5.32 Å². The average molecular weight is 324 g/mol. The first kappa shape index (κ1) is 13.6. The number of hydrogen-bond donors (Lipinski definition) is 2. The number of hydrogen-bond acceptors (Lipinski definition) is 2. The van der Waals surface area contributed by atoms with Gasteiger partial charge in [-0.2, -0.15) is 0 Å². The highest BCUT2D eigenvalue weighted by molar-refractivity contribution is 9.10. The van der Waals surface area contributed by atoms with Gasteiger partial charge in [-0.3, -0.25) is 0 Å². The highest BCUT2D eigenvalue weighted by atomic mass is 79.9. The number of benzene rings is 1. The van der Waals surface area contributed by atoms with E-state index in [1.165, 1.54) is 34.9 Å². The second-order valence-corrected chi connectivity index (χ2v) is 6.89. The summed E-state index contributed by atoms with van der Waals surface area (Å²) in [6.45, 7) is 0. The number of fused-ring (bicyclic) bond motifs is 1. The van der Waals surface area contributed by atoms with Crippen molar-refractivity contribution in [1.29, 1.82) is 0 Å². The molecular weight excluding hydrogens is 302 g/mol. The first-order valence-electron chi connectivity index (χ1n) is 7.44. The first-order valence-corrected chi connectivity index (χ1v) is 8.23. The molecule has 0 bridgehead atoms. The van der Waals surface area contributed by atoms with Crippen molar-refractivity contribution >= 4 is 15.9 Å². The van der Waals surface area contributed by atoms with Gasteiger partial charge in [0.15, 0.2) is 0 Å². The van der Waals surface area contributed by atoms with E-state index in [0.717, 1.165) is 25.7 Å². The van der Waals surface area contributed by atoms with Gasteiger partial charge in [0.1, 0.15) is 0 Å². The van der Waals surface area contributed by atoms with E-state index in [2.05, 4.69) is 39.4 Å². The second kappa shape index (κ2) is 5.94. The van der Waals surface area contributed by atoms with E-state index in [1.54, 1.807) is 0 Å². The lowest BCUT2D eigenvalue weighted by atomic mass is 9.86. The van der Waals surface area contributed by atoms with Gasteiger partial charge in [0.2, 0.25) is 0 Å². The Labute approximate surface area is 123 Å². The van der Waals surface area contributed by atoms with Crippen LogP contribution in [0.1, 0.15) is 43.2 Å². The van der Waals surface area contributed by atoms with Gasteiger partial charge in [0, 0.05) is 16.6 Å². The van der Waals surface area contributed by atoms with E-state index in [0.29, 0.717) is 12.1 Å². The van der Waals surface area contributed by atoms with Gasteiger partial charge in [0.05, 0.1) is 6.10 Å². The SMILES string of the molecule is OC1CCCCC1NC1CCc2cc(Br)ccc2C1. The predicted octanol–water partition coefficient (Wildman–Crippen LogP) is 3.20. The van der Waals surface area contributed by atoms with Crippen molar-refractivity contribution in [2.45, 2.75) is 63.1 Å². The molecule has 0 saturated heterocycles. The fourth-order valence-corrected chi connectivity index (χ4v) is 3.88. The molecule has 0 spiro atoms. The molecular formula is C16H22BrNO. The van der Waals surface area contributed by atoms with Crippen LogP contribution in [0.4, 0.5) is 0 Å². The summed E-state index contributed by atoms with van der Waals surface area (Å²) in [4.78, 5) is 0. The number of aryl methyl sites for hydroxylation is 1. The van der Waals surface area contributed by atoms with Crippen LogP contribution in [0, 0.1) is 0 Å². The maximum atomic E-state index is 10.1. The van der Waals surface area contributed by atoms with Crippen molar-refractivity contribution in [3.8, 4) is 0 Å². The average Bonchev–Trinajstić information content (AvgIpc) is 2.41. The molecule has 1 aromatic rings. The van der Waals surface area contributed by atoms with E-state index >= 15 is 0 Å². The molecule has 0 aliphatic heterocycles. The highest BCUT2D eigenvalue weighted by Gasteiger charge is 2.27. The maximum absolute atomic E-state index is 10.1. The van der Waals surface area contributed by atoms with Crippen LogP contribution in [0.5, 0.6) is 0 Å². The van der Waals surface area contributed by atoms with E-state index in [9.17, 15) is 5.11 Å². The zero-order chi connectivity index (χ0) is 13.2. The lowest BCUT2D eigenvalue weighted by Gasteiger charge is -2.34. The summed E-state index contributed by atoms with van der Waals surface area (Å²) in [5.41, 5.74) is 2.95. The number of rotatable bonds is 2. The fraction of sp³-hybridized carbons (Fsp3) is 0.625. The molecule has 0 radical (unpaired) electrons. The van der Waals surface area contributed by atoms with Crippen molar-refractivity contribution in [2.75, 3.05) is 0 Å². The molecule has 1 aromatic carbocycles. The van der Waals surface area contributed by atoms with Crippen molar-refractivity contribution in [1.82, 2.24) is 5.32 Å². The molecule has 104 valence electrons. The number of nitrogens with one attached hydrogen (secondary N) is 1. The third-order valence-corrected chi connectivity index (χ3v) is 5.07. The predicted molar refractivity (Wildman–Crippen MR) is 81.4 cm³/mol. The molecule has 1 saturated carbocycles. The largest absolute Gasteiger partial charge is 0.392 e. The molecule has 2 nitrogen and oxygen atoms in total. The normalized spacial score (nSPS) is 30.9. The molecule has 2 N–H and O–H groups in total. The summed E-state index contributed by atoms with van der Waals surface area (Å²) < 4.78 is 1.18. The van der Waals surface area contributed by atoms with Gasteiger partial charge in [0.25, 0.3) is 0 Å². The Hall–Kier alpha value is -0.380. The van der Waals surface area contributed by atoms with Crippen molar-refractivity contribution in [3.63, 3.8) is 0 Å². The highest BCUT2D eigenvalue weighted by Crippen LogP contribution is 2.26. The molecule has 3 unspecified atom stereocenters. The summed E-state index contributed by atoms with van der Waals surface area (Å²) in [6.07, 6.45) is 7.83. The Morgan fingerprint density at radius 2 is 1.95 bits per heavy atom. The van der Waals surface area contributed by atoms with E-state index in [4.69, 9.17) is 0 Å². The molecule has 0 heterocycles. The topological polar surface area (TPSA) is 32.3 Å². The van der Waals surface area contributed by atoms with E-state index in [1.807, 2.05) is 0 Å². The molecule has 3 atom stereocenters. The minimum Gasteiger partial charge on any atom is -0.392 e. The van der Waals surface area contributed by atoms with E-state index in [-0.39, 0.29) is 6.10 Å². The van der Waals surface area contributed by atoms with Crippen molar-refractivity contribution in [2.24, 2.45) is 0 Å². The Balaban J connectivity index is 1.63. The van der Waals surface area contributed by atoms with Crippen LogP contribution in [0.2, 0.25) is 0 Å². The zero-order valence-electron chi connectivity index (χ0n) is 11.2. The van der Waals surface area contributed by atoms with Crippen LogP contribution >= 0.6 is 15.9 Å². The van der Waals surface area contributed by atoms with Crippen LogP contribution in [0.3, 0.4) is 0 Å². The Morgan fingerprint density at radius 3 is 2.79 bits per heavy atom. The molecule has 19 heavy (non-hydrogen) atoms. The third-order valence-electron chi connectivity index (χ3n) is 4.58. The molecule has 0 aromatic heterocycles. The van der Waals surface area contributed by atoms with Gasteiger partial charge in [-0.25, -0.2) is 0 Å². The Morgan fingerprint density at radius 1 is 1.11 bits per heavy atom. The summed E-state index contributed by atoms with van der Waals surface area (Å²) in [7, 11) is 0. The Bertz CT molecular complexity index is 448. The first-order chi connectivity index (χ1) is 9.22. The van der Waals surface area contributed by atoms with Gasteiger partial charge in [-0.05, 0) is 55.4 Å². The second-order valence-electron chi connectivity index (χ2n) is 5.98. The van der Waals surface area contributed by atoms with Crippen LogP contribution in [-0.2, 0) is 12.8 Å². The minimum atomic E-state index is -0.139. The summed E-state index contributed by atoms with van der Waals surface area (Å²) in [5.74, 6) is 0. The van der Waals surface area contributed by atoms with Crippen LogP contribution in [0.15, 0.2) is 22.7 Å². The lowest BCUT2D eigenvalue weighted by Crippen LogP contribution is -2.48. The lowest BCUT2D eigenvalue weighted by molar-refractivity contribution is 0.0837. The monoisotopic (exact) mass is 323 g/mol. The van der Waals surface area contributed by atoms with Crippen molar-refractivity contribution in [3.05, 3.63) is 33.8 Å². The summed E-state index contributed by atoms with van der Waals surface area (Å²) in [6, 6.07) is 7.48. The fourth-order valence-electron chi connectivity index (χ4n) is 3.47.